The van der Waals surface area contributed by atoms with Crippen molar-refractivity contribution in [3.05, 3.63) is 94.5 Å². The standard InChI is InChI=1S/C25H21ClN2O3/c1-15-8-11-17(12-9-15)22-21-23(31-28(22)18-6-4-3-5-7-18)25(30)27(24(21)29)19-13-10-16(2)20(26)14-19/h3-14,21-23H,1-2H3/t21-,22-,23-/m0/s1. The Balaban J connectivity index is 1.58. The van der Waals surface area contributed by atoms with Gasteiger partial charge in [0, 0.05) is 5.02 Å². The molecule has 2 aliphatic rings. The molecular formula is C25H21ClN2O3. The first-order valence-corrected chi connectivity index (χ1v) is 10.5. The maximum absolute atomic E-state index is 13.6. The molecule has 0 radical (unpaired) electrons. The second-order valence-electron chi connectivity index (χ2n) is 8.01. The SMILES string of the molecule is Cc1ccc([C@H]2[C@@H]3C(=O)N(c4ccc(C)c(Cl)c4)C(=O)[C@H]3ON2c2ccccc2)cc1. The highest BCUT2D eigenvalue weighted by molar-refractivity contribution is 6.32. The fourth-order valence-electron chi connectivity index (χ4n) is 4.29. The van der Waals surface area contributed by atoms with Crippen LogP contribution in [0, 0.1) is 19.8 Å². The maximum atomic E-state index is 13.6. The molecule has 3 atom stereocenters. The predicted octanol–water partition coefficient (Wildman–Crippen LogP) is 5.01. The van der Waals surface area contributed by atoms with Crippen LogP contribution in [0.3, 0.4) is 0 Å². The van der Waals surface area contributed by atoms with Gasteiger partial charge < -0.3 is 0 Å². The molecule has 0 aliphatic carbocycles. The van der Waals surface area contributed by atoms with E-state index in [1.54, 1.807) is 23.3 Å². The number of aryl methyl sites for hydroxylation is 2. The van der Waals surface area contributed by atoms with Crippen LogP contribution < -0.4 is 9.96 Å². The molecule has 3 aromatic rings. The van der Waals surface area contributed by atoms with Crippen LogP contribution in [-0.2, 0) is 14.4 Å². The Morgan fingerprint density at radius 2 is 1.55 bits per heavy atom. The summed E-state index contributed by atoms with van der Waals surface area (Å²) in [6, 6.07) is 22.3. The number of hydroxylamine groups is 1. The van der Waals surface area contributed by atoms with E-state index < -0.39 is 18.1 Å². The highest BCUT2D eigenvalue weighted by atomic mass is 35.5. The van der Waals surface area contributed by atoms with Crippen LogP contribution in [-0.4, -0.2) is 17.9 Å². The zero-order valence-electron chi connectivity index (χ0n) is 17.2. The smallest absolute Gasteiger partial charge is 0.266 e. The van der Waals surface area contributed by atoms with Gasteiger partial charge in [-0.05, 0) is 49.2 Å². The predicted molar refractivity (Wildman–Crippen MR) is 120 cm³/mol. The number of anilines is 2. The Bertz CT molecular complexity index is 1160. The average Bonchev–Trinajstić information content (AvgIpc) is 3.28. The molecule has 0 saturated carbocycles. The van der Waals surface area contributed by atoms with Crippen molar-refractivity contribution in [3.8, 4) is 0 Å². The first-order valence-electron chi connectivity index (χ1n) is 10.2. The highest BCUT2D eigenvalue weighted by Gasteiger charge is 2.60. The van der Waals surface area contributed by atoms with Crippen LogP contribution in [0.25, 0.3) is 0 Å². The third kappa shape index (κ3) is 3.21. The molecule has 0 bridgehead atoms. The molecule has 2 aliphatic heterocycles. The van der Waals surface area contributed by atoms with Crippen molar-refractivity contribution in [3.63, 3.8) is 0 Å². The number of para-hydroxylation sites is 1. The maximum Gasteiger partial charge on any atom is 0.266 e. The van der Waals surface area contributed by atoms with E-state index in [-0.39, 0.29) is 11.8 Å². The molecule has 0 N–H and O–H groups in total. The van der Waals surface area contributed by atoms with Gasteiger partial charge >= 0.3 is 0 Å². The van der Waals surface area contributed by atoms with E-state index in [1.165, 1.54) is 4.90 Å². The lowest BCUT2D eigenvalue weighted by Gasteiger charge is -2.29. The number of amides is 2. The van der Waals surface area contributed by atoms with E-state index in [9.17, 15) is 9.59 Å². The minimum Gasteiger partial charge on any atom is -0.273 e. The summed E-state index contributed by atoms with van der Waals surface area (Å²) in [6.45, 7) is 3.89. The summed E-state index contributed by atoms with van der Waals surface area (Å²) in [6.07, 6.45) is -0.890. The van der Waals surface area contributed by atoms with Crippen LogP contribution in [0.15, 0.2) is 72.8 Å². The molecule has 5 nitrogen and oxygen atoms in total. The second-order valence-corrected chi connectivity index (χ2v) is 8.42. The fourth-order valence-corrected chi connectivity index (χ4v) is 4.47. The Kier molecular flexibility index (Phi) is 4.80. The van der Waals surface area contributed by atoms with E-state index in [0.717, 1.165) is 22.4 Å². The fraction of sp³-hybridized carbons (Fsp3) is 0.200. The monoisotopic (exact) mass is 432 g/mol. The molecule has 2 saturated heterocycles. The van der Waals surface area contributed by atoms with Gasteiger partial charge in [0.1, 0.15) is 5.92 Å². The summed E-state index contributed by atoms with van der Waals surface area (Å²) < 4.78 is 0. The molecule has 5 rings (SSSR count). The number of halogens is 1. The van der Waals surface area contributed by atoms with Crippen LogP contribution in [0.1, 0.15) is 22.7 Å². The van der Waals surface area contributed by atoms with E-state index in [1.807, 2.05) is 68.4 Å². The lowest BCUT2D eigenvalue weighted by Crippen LogP contribution is -2.37. The summed E-state index contributed by atoms with van der Waals surface area (Å²) in [4.78, 5) is 34.2. The molecule has 31 heavy (non-hydrogen) atoms. The lowest BCUT2D eigenvalue weighted by molar-refractivity contribution is -0.126. The third-order valence-corrected chi connectivity index (χ3v) is 6.37. The van der Waals surface area contributed by atoms with Crippen LogP contribution in [0.2, 0.25) is 5.02 Å². The topological polar surface area (TPSA) is 49.9 Å². The van der Waals surface area contributed by atoms with Crippen molar-refractivity contribution in [1.29, 1.82) is 0 Å². The quantitative estimate of drug-likeness (QED) is 0.546. The van der Waals surface area contributed by atoms with Crippen molar-refractivity contribution in [2.45, 2.75) is 26.0 Å². The van der Waals surface area contributed by atoms with E-state index in [4.69, 9.17) is 16.4 Å². The third-order valence-electron chi connectivity index (χ3n) is 5.96. The molecule has 2 fully saturated rings. The first kappa shape index (κ1) is 19.8. The highest BCUT2D eigenvalue weighted by Crippen LogP contribution is 2.47. The second kappa shape index (κ2) is 7.52. The van der Waals surface area contributed by atoms with Crippen LogP contribution >= 0.6 is 11.6 Å². The minimum atomic E-state index is -0.890. The Morgan fingerprint density at radius 3 is 2.23 bits per heavy atom. The van der Waals surface area contributed by atoms with E-state index in [2.05, 4.69) is 0 Å². The zero-order chi connectivity index (χ0) is 21.7. The van der Waals surface area contributed by atoms with Crippen LogP contribution in [0.5, 0.6) is 0 Å². The number of benzene rings is 3. The number of hydrogen-bond acceptors (Lipinski definition) is 4. The molecule has 0 aromatic heterocycles. The van der Waals surface area contributed by atoms with Gasteiger partial charge in [-0.2, -0.15) is 0 Å². The van der Waals surface area contributed by atoms with Gasteiger partial charge in [0.15, 0.2) is 6.10 Å². The summed E-state index contributed by atoms with van der Waals surface area (Å²) in [5.41, 5.74) is 4.20. The number of carbonyl (C=O) groups is 2. The zero-order valence-corrected chi connectivity index (χ0v) is 17.9. The normalized spacial score (nSPS) is 22.9. The summed E-state index contributed by atoms with van der Waals surface area (Å²) in [7, 11) is 0. The van der Waals surface area contributed by atoms with Gasteiger partial charge in [-0.25, -0.2) is 9.96 Å². The summed E-state index contributed by atoms with van der Waals surface area (Å²) in [5, 5.41) is 2.21. The van der Waals surface area contributed by atoms with Crippen molar-refractivity contribution >= 4 is 34.8 Å². The molecule has 0 unspecified atom stereocenters. The summed E-state index contributed by atoms with van der Waals surface area (Å²) >= 11 is 6.26. The number of fused-ring (bicyclic) bond motifs is 1. The molecular weight excluding hydrogens is 412 g/mol. The first-order chi connectivity index (χ1) is 15.0. The molecule has 2 heterocycles. The Hall–Kier alpha value is -3.15. The lowest BCUT2D eigenvalue weighted by atomic mass is 9.90. The van der Waals surface area contributed by atoms with Crippen molar-refractivity contribution in [2.75, 3.05) is 9.96 Å². The Morgan fingerprint density at radius 1 is 0.839 bits per heavy atom. The minimum absolute atomic E-state index is 0.279. The van der Waals surface area contributed by atoms with Gasteiger partial charge in [0.25, 0.3) is 5.91 Å². The van der Waals surface area contributed by atoms with E-state index in [0.29, 0.717) is 10.7 Å². The van der Waals surface area contributed by atoms with Crippen molar-refractivity contribution in [2.24, 2.45) is 5.92 Å². The largest absolute Gasteiger partial charge is 0.273 e. The summed E-state index contributed by atoms with van der Waals surface area (Å²) in [5.74, 6) is -1.31. The molecule has 156 valence electrons. The number of imide groups is 1. The van der Waals surface area contributed by atoms with Gasteiger partial charge in [0.2, 0.25) is 5.91 Å². The van der Waals surface area contributed by atoms with Crippen molar-refractivity contribution in [1.82, 2.24) is 0 Å². The van der Waals surface area contributed by atoms with Gasteiger partial charge in [-0.15, -0.1) is 0 Å². The Labute approximate surface area is 185 Å². The van der Waals surface area contributed by atoms with Gasteiger partial charge in [-0.3, -0.25) is 14.4 Å². The molecule has 0 spiro atoms. The van der Waals surface area contributed by atoms with E-state index >= 15 is 0 Å². The van der Waals surface area contributed by atoms with Gasteiger partial charge in [-0.1, -0.05) is 65.7 Å². The van der Waals surface area contributed by atoms with Gasteiger partial charge in [0.05, 0.1) is 17.4 Å². The molecule has 3 aromatic carbocycles. The number of carbonyl (C=O) groups excluding carboxylic acids is 2. The van der Waals surface area contributed by atoms with Crippen molar-refractivity contribution < 1.29 is 14.4 Å². The van der Waals surface area contributed by atoms with Crippen LogP contribution in [0.4, 0.5) is 11.4 Å². The molecule has 2 amide bonds. The number of rotatable bonds is 3. The molecule has 6 heteroatoms. The number of nitrogens with zero attached hydrogens (tertiary/aromatic N) is 2. The average molecular weight is 433 g/mol. The number of hydrogen-bond donors (Lipinski definition) is 0.